The number of carbonyl (C=O) groups excluding carboxylic acids is 1. The third-order valence-corrected chi connectivity index (χ3v) is 6.05. The van der Waals surface area contributed by atoms with Crippen LogP contribution in [0.2, 0.25) is 0 Å². The van der Waals surface area contributed by atoms with Crippen molar-refractivity contribution in [2.45, 2.75) is 37.3 Å². The smallest absolute Gasteiger partial charge is 0.263 e. The molecule has 0 N–H and O–H groups in total. The molecule has 5 nitrogen and oxygen atoms in total. The quantitative estimate of drug-likeness (QED) is 0.702. The van der Waals surface area contributed by atoms with E-state index >= 15 is 0 Å². The highest BCUT2D eigenvalue weighted by atomic mass is 32.2. The van der Waals surface area contributed by atoms with Gasteiger partial charge in [0.2, 0.25) is 0 Å². The van der Waals surface area contributed by atoms with Gasteiger partial charge in [0.15, 0.2) is 0 Å². The lowest BCUT2D eigenvalue weighted by Crippen LogP contribution is -2.45. The topological polar surface area (TPSA) is 78.2 Å². The van der Waals surface area contributed by atoms with Crippen LogP contribution in [0.25, 0.3) is 0 Å². The summed E-state index contributed by atoms with van der Waals surface area (Å²) in [5.74, 6) is -2.21. The van der Waals surface area contributed by atoms with Gasteiger partial charge in [0.1, 0.15) is 0 Å². The highest BCUT2D eigenvalue weighted by molar-refractivity contribution is 7.89. The van der Waals surface area contributed by atoms with E-state index in [4.69, 9.17) is 5.26 Å². The average molecular weight is 424 g/mol. The molecule has 1 amide bonds. The van der Waals surface area contributed by atoms with E-state index in [1.54, 1.807) is 30.3 Å². The van der Waals surface area contributed by atoms with Crippen molar-refractivity contribution < 1.29 is 26.4 Å². The molecule has 0 saturated heterocycles. The Balaban J connectivity index is 2.36. The molecule has 0 atom stereocenters. The number of nitriles is 1. The molecule has 154 valence electrons. The molecular weight excluding hydrogens is 405 g/mol. The van der Waals surface area contributed by atoms with Crippen molar-refractivity contribution >= 4 is 15.9 Å². The SMILES string of the molecule is CC(C)c1ccc(CCN(C(=O)C(F)(F)F)S(=O)(=O)c2cccc(C#N)c2)cc1. The molecule has 0 bridgehead atoms. The second-order valence-corrected chi connectivity index (χ2v) is 8.53. The van der Waals surface area contributed by atoms with Crippen LogP contribution in [0.15, 0.2) is 53.4 Å². The Bertz CT molecular complexity index is 1020. The number of halogens is 3. The molecule has 2 aromatic carbocycles. The molecule has 2 rings (SSSR count). The van der Waals surface area contributed by atoms with E-state index in [2.05, 4.69) is 0 Å². The summed E-state index contributed by atoms with van der Waals surface area (Å²) in [5, 5.41) is 8.91. The van der Waals surface area contributed by atoms with Crippen LogP contribution in [-0.2, 0) is 21.2 Å². The number of carbonyl (C=O) groups is 1. The van der Waals surface area contributed by atoms with Crippen molar-refractivity contribution in [3.8, 4) is 6.07 Å². The molecule has 0 heterocycles. The molecule has 0 aliphatic carbocycles. The Morgan fingerprint density at radius 2 is 1.76 bits per heavy atom. The Labute approximate surface area is 167 Å². The van der Waals surface area contributed by atoms with E-state index in [-0.39, 0.29) is 22.2 Å². The van der Waals surface area contributed by atoms with Crippen molar-refractivity contribution in [3.63, 3.8) is 0 Å². The summed E-state index contributed by atoms with van der Waals surface area (Å²) in [7, 11) is -4.80. The summed E-state index contributed by atoms with van der Waals surface area (Å²) in [6.45, 7) is 3.29. The summed E-state index contributed by atoms with van der Waals surface area (Å²) in [4.78, 5) is 11.3. The summed E-state index contributed by atoms with van der Waals surface area (Å²) < 4.78 is 64.5. The lowest BCUT2D eigenvalue weighted by Gasteiger charge is -2.23. The fourth-order valence-corrected chi connectivity index (χ4v) is 4.06. The van der Waals surface area contributed by atoms with Crippen LogP contribution in [0.3, 0.4) is 0 Å². The first-order valence-electron chi connectivity index (χ1n) is 8.69. The van der Waals surface area contributed by atoms with Gasteiger partial charge in [0, 0.05) is 6.54 Å². The number of hydrogen-bond acceptors (Lipinski definition) is 4. The van der Waals surface area contributed by atoms with Gasteiger partial charge in [-0.3, -0.25) is 4.79 Å². The molecule has 2 aromatic rings. The van der Waals surface area contributed by atoms with Gasteiger partial charge in [-0.1, -0.05) is 44.2 Å². The fourth-order valence-electron chi connectivity index (χ4n) is 2.63. The molecule has 0 unspecified atom stereocenters. The minimum absolute atomic E-state index is 0.0465. The van der Waals surface area contributed by atoms with E-state index in [0.717, 1.165) is 17.7 Å². The zero-order valence-electron chi connectivity index (χ0n) is 15.8. The Hall–Kier alpha value is -2.86. The van der Waals surface area contributed by atoms with Gasteiger partial charge in [-0.25, -0.2) is 12.7 Å². The van der Waals surface area contributed by atoms with Crippen LogP contribution in [0.5, 0.6) is 0 Å². The van der Waals surface area contributed by atoms with Gasteiger partial charge in [0.05, 0.1) is 16.5 Å². The number of hydrogen-bond donors (Lipinski definition) is 0. The third kappa shape index (κ3) is 5.35. The van der Waals surface area contributed by atoms with Crippen LogP contribution in [0.1, 0.15) is 36.5 Å². The van der Waals surface area contributed by atoms with Gasteiger partial charge in [-0.2, -0.15) is 18.4 Å². The summed E-state index contributed by atoms with van der Waals surface area (Å²) in [6.07, 6.45) is -5.45. The average Bonchev–Trinajstić information content (AvgIpc) is 2.67. The third-order valence-electron chi connectivity index (χ3n) is 4.27. The van der Waals surface area contributed by atoms with E-state index in [9.17, 15) is 26.4 Å². The number of alkyl halides is 3. The van der Waals surface area contributed by atoms with Crippen molar-refractivity contribution in [3.05, 3.63) is 65.2 Å². The molecule has 0 fully saturated rings. The minimum atomic E-state index is -5.36. The minimum Gasteiger partial charge on any atom is -0.263 e. The zero-order valence-corrected chi connectivity index (χ0v) is 16.6. The van der Waals surface area contributed by atoms with Crippen LogP contribution in [0.4, 0.5) is 13.2 Å². The standard InChI is InChI=1S/C20H19F3N2O3S/c1-14(2)17-8-6-15(7-9-17)10-11-25(19(26)20(21,22)23)29(27,28)18-5-3-4-16(12-18)13-24/h3-9,12,14H,10-11H2,1-2H3. The maximum Gasteiger partial charge on any atom is 0.472 e. The first-order chi connectivity index (χ1) is 13.5. The van der Waals surface area contributed by atoms with Crippen molar-refractivity contribution in [2.24, 2.45) is 0 Å². The predicted molar refractivity (Wildman–Crippen MR) is 100 cm³/mol. The van der Waals surface area contributed by atoms with Gasteiger partial charge < -0.3 is 0 Å². The number of benzene rings is 2. The fraction of sp³-hybridized carbons (Fsp3) is 0.300. The summed E-state index contributed by atoms with van der Waals surface area (Å²) >= 11 is 0. The molecule has 0 spiro atoms. The first-order valence-corrected chi connectivity index (χ1v) is 10.1. The molecule has 0 aliphatic rings. The van der Waals surface area contributed by atoms with Gasteiger partial charge in [-0.15, -0.1) is 0 Å². The van der Waals surface area contributed by atoms with Crippen LogP contribution < -0.4 is 0 Å². The zero-order chi connectivity index (χ0) is 21.8. The lowest BCUT2D eigenvalue weighted by molar-refractivity contribution is -0.180. The number of sulfonamides is 1. The number of rotatable bonds is 6. The Morgan fingerprint density at radius 3 is 2.28 bits per heavy atom. The van der Waals surface area contributed by atoms with Gasteiger partial charge in [0.25, 0.3) is 10.0 Å². The normalized spacial score (nSPS) is 11.9. The summed E-state index contributed by atoms with van der Waals surface area (Å²) in [6, 6.07) is 13.2. The lowest BCUT2D eigenvalue weighted by atomic mass is 10.0. The van der Waals surface area contributed by atoms with E-state index in [1.165, 1.54) is 12.1 Å². The van der Waals surface area contributed by atoms with E-state index in [0.29, 0.717) is 5.56 Å². The number of nitrogens with zero attached hydrogens (tertiary/aromatic N) is 2. The largest absolute Gasteiger partial charge is 0.472 e. The molecular formula is C20H19F3N2O3S. The molecule has 0 aromatic heterocycles. The van der Waals surface area contributed by atoms with Crippen molar-refractivity contribution in [1.29, 1.82) is 5.26 Å². The molecule has 29 heavy (non-hydrogen) atoms. The van der Waals surface area contributed by atoms with Crippen molar-refractivity contribution in [2.75, 3.05) is 6.54 Å². The van der Waals surface area contributed by atoms with Crippen LogP contribution >= 0.6 is 0 Å². The van der Waals surface area contributed by atoms with Gasteiger partial charge >= 0.3 is 12.1 Å². The Kier molecular flexibility index (Phi) is 6.69. The highest BCUT2D eigenvalue weighted by Gasteiger charge is 2.47. The van der Waals surface area contributed by atoms with Gasteiger partial charge in [-0.05, 0) is 41.7 Å². The van der Waals surface area contributed by atoms with E-state index < -0.39 is 33.5 Å². The van der Waals surface area contributed by atoms with Crippen LogP contribution in [-0.4, -0.2) is 31.4 Å². The monoisotopic (exact) mass is 424 g/mol. The molecule has 0 radical (unpaired) electrons. The summed E-state index contributed by atoms with van der Waals surface area (Å²) in [5.41, 5.74) is 1.57. The van der Waals surface area contributed by atoms with Crippen LogP contribution in [0, 0.1) is 11.3 Å². The predicted octanol–water partition coefficient (Wildman–Crippen LogP) is 4.00. The molecule has 0 aliphatic heterocycles. The second kappa shape index (κ2) is 8.66. The highest BCUT2D eigenvalue weighted by Crippen LogP contribution is 2.25. The first kappa shape index (κ1) is 22.4. The van der Waals surface area contributed by atoms with E-state index in [1.807, 2.05) is 13.8 Å². The van der Waals surface area contributed by atoms with Crippen molar-refractivity contribution in [1.82, 2.24) is 4.31 Å². The molecule has 9 heteroatoms. The number of amides is 1. The maximum atomic E-state index is 13.1. The second-order valence-electron chi connectivity index (χ2n) is 6.67. The molecule has 0 saturated carbocycles. The maximum absolute atomic E-state index is 13.1. The Morgan fingerprint density at radius 1 is 1.14 bits per heavy atom.